The molecule has 2 heterocycles. The summed E-state index contributed by atoms with van der Waals surface area (Å²) in [7, 11) is 1.29. The summed E-state index contributed by atoms with van der Waals surface area (Å²) in [6.07, 6.45) is -6.84. The van der Waals surface area contributed by atoms with Crippen LogP contribution >= 0.6 is 0 Å². The second-order valence-corrected chi connectivity index (χ2v) is 7.35. The molecule has 0 radical (unpaired) electrons. The fourth-order valence-electron chi connectivity index (χ4n) is 3.73. The normalized spacial score (nSPS) is 16.2. The van der Waals surface area contributed by atoms with E-state index in [0.717, 1.165) is 0 Å². The minimum Gasteiger partial charge on any atom is -0.493 e. The van der Waals surface area contributed by atoms with Crippen LogP contribution in [0.3, 0.4) is 0 Å². The summed E-state index contributed by atoms with van der Waals surface area (Å²) in [5, 5.41) is 2.69. The van der Waals surface area contributed by atoms with Crippen molar-refractivity contribution in [3.8, 4) is 17.2 Å². The maximum absolute atomic E-state index is 13.3. The van der Waals surface area contributed by atoms with Crippen molar-refractivity contribution in [3.05, 3.63) is 71.0 Å². The van der Waals surface area contributed by atoms with Gasteiger partial charge in [-0.3, -0.25) is 4.79 Å². The Morgan fingerprint density at radius 2 is 1.61 bits per heavy atom. The van der Waals surface area contributed by atoms with Crippen molar-refractivity contribution in [2.45, 2.75) is 24.7 Å². The van der Waals surface area contributed by atoms with Crippen LogP contribution < -0.4 is 14.8 Å². The number of benzene rings is 2. The van der Waals surface area contributed by atoms with Gasteiger partial charge < -0.3 is 19.8 Å². The van der Waals surface area contributed by atoms with E-state index in [1.165, 1.54) is 13.2 Å². The zero-order chi connectivity index (χ0) is 24.0. The molecule has 1 atom stereocenters. The average molecular weight is 470 g/mol. The van der Waals surface area contributed by atoms with Crippen molar-refractivity contribution in [1.29, 1.82) is 0 Å². The number of nitrogens with one attached hydrogen (secondary N) is 2. The van der Waals surface area contributed by atoms with Crippen LogP contribution in [0.4, 0.5) is 32.0 Å². The van der Waals surface area contributed by atoms with Crippen molar-refractivity contribution in [2.24, 2.45) is 0 Å². The number of hydrogen-bond donors (Lipinski definition) is 2. The van der Waals surface area contributed by atoms with Crippen LogP contribution in [0.25, 0.3) is 0 Å². The summed E-state index contributed by atoms with van der Waals surface area (Å²) in [6.45, 7) is 0. The predicted molar refractivity (Wildman–Crippen MR) is 105 cm³/mol. The van der Waals surface area contributed by atoms with Crippen LogP contribution in [0.2, 0.25) is 0 Å². The number of aromatic amines is 1. The molecule has 174 valence electrons. The molecule has 1 amide bonds. The third kappa shape index (κ3) is 4.48. The molecule has 0 saturated heterocycles. The van der Waals surface area contributed by atoms with Crippen molar-refractivity contribution in [3.63, 3.8) is 0 Å². The first kappa shape index (κ1) is 22.6. The minimum atomic E-state index is -5.02. The number of carbonyl (C=O) groups excluding carboxylic acids is 1. The first-order valence-electron chi connectivity index (χ1n) is 9.58. The summed E-state index contributed by atoms with van der Waals surface area (Å²) in [5.41, 5.74) is -1.44. The Morgan fingerprint density at radius 1 is 0.939 bits per heavy atom. The third-order valence-corrected chi connectivity index (χ3v) is 5.20. The number of H-pyrrole nitrogens is 1. The molecule has 0 saturated carbocycles. The lowest BCUT2D eigenvalue weighted by molar-refractivity contribution is -0.143. The standard InChI is InChI=1S/C22H16F6N2O3/c1-32-18-4-2-3-14(15-8-19(31)30-17-10-29-9-16(15)17)20(18)33-13-6-11(21(23,24)25)5-12(7-13)22(26,27)28/h2-7,9-10,15,29H,8H2,1H3,(H,30,31). The molecule has 1 aliphatic heterocycles. The smallest absolute Gasteiger partial charge is 0.416 e. The fraction of sp³-hybridized carbons (Fsp3) is 0.227. The van der Waals surface area contributed by atoms with Gasteiger partial charge in [0, 0.05) is 35.9 Å². The zero-order valence-electron chi connectivity index (χ0n) is 16.9. The summed E-state index contributed by atoms with van der Waals surface area (Å²) < 4.78 is 90.5. The second-order valence-electron chi connectivity index (χ2n) is 7.35. The van der Waals surface area contributed by atoms with Crippen LogP contribution in [0.5, 0.6) is 17.2 Å². The summed E-state index contributed by atoms with van der Waals surface area (Å²) >= 11 is 0. The number of anilines is 1. The Balaban J connectivity index is 1.84. The molecule has 0 bridgehead atoms. The van der Waals surface area contributed by atoms with E-state index in [-0.39, 0.29) is 29.9 Å². The Hall–Kier alpha value is -3.63. The monoisotopic (exact) mass is 470 g/mol. The molecule has 4 rings (SSSR count). The Bertz CT molecular complexity index is 1170. The number of aromatic nitrogens is 1. The van der Waals surface area contributed by atoms with E-state index in [2.05, 4.69) is 10.3 Å². The van der Waals surface area contributed by atoms with Crippen molar-refractivity contribution in [1.82, 2.24) is 4.98 Å². The molecule has 1 unspecified atom stereocenters. The number of ether oxygens (including phenoxy) is 2. The van der Waals surface area contributed by atoms with E-state index in [4.69, 9.17) is 9.47 Å². The van der Waals surface area contributed by atoms with Crippen molar-refractivity contribution >= 4 is 11.6 Å². The molecule has 1 aliphatic rings. The highest BCUT2D eigenvalue weighted by atomic mass is 19.4. The summed E-state index contributed by atoms with van der Waals surface area (Å²) in [4.78, 5) is 15.1. The predicted octanol–water partition coefficient (Wildman–Crippen LogP) is 6.33. The summed E-state index contributed by atoms with van der Waals surface area (Å²) in [6, 6.07) is 5.62. The molecule has 2 aromatic carbocycles. The number of rotatable bonds is 4. The molecule has 0 aliphatic carbocycles. The molecule has 3 aromatic rings. The number of para-hydroxylation sites is 1. The molecular formula is C22H16F6N2O3. The average Bonchev–Trinajstić information content (AvgIpc) is 3.20. The number of halogens is 6. The highest BCUT2D eigenvalue weighted by Crippen LogP contribution is 2.46. The highest BCUT2D eigenvalue weighted by molar-refractivity contribution is 5.95. The first-order valence-corrected chi connectivity index (χ1v) is 9.58. The van der Waals surface area contributed by atoms with Gasteiger partial charge in [-0.2, -0.15) is 26.3 Å². The van der Waals surface area contributed by atoms with Gasteiger partial charge in [-0.1, -0.05) is 12.1 Å². The maximum Gasteiger partial charge on any atom is 0.416 e. The van der Waals surface area contributed by atoms with E-state index >= 15 is 0 Å². The van der Waals surface area contributed by atoms with Gasteiger partial charge in [0.25, 0.3) is 0 Å². The zero-order valence-corrected chi connectivity index (χ0v) is 16.9. The Morgan fingerprint density at radius 3 is 2.21 bits per heavy atom. The van der Waals surface area contributed by atoms with E-state index in [9.17, 15) is 31.1 Å². The quantitative estimate of drug-likeness (QED) is 0.438. The molecule has 11 heteroatoms. The van der Waals surface area contributed by atoms with Crippen LogP contribution in [-0.2, 0) is 17.1 Å². The second kappa shape index (κ2) is 8.05. The first-order chi connectivity index (χ1) is 15.5. The number of carbonyl (C=O) groups is 1. The number of amides is 1. The molecule has 5 nitrogen and oxygen atoms in total. The van der Waals surface area contributed by atoms with Crippen LogP contribution in [-0.4, -0.2) is 18.0 Å². The molecule has 1 aromatic heterocycles. The lowest BCUT2D eigenvalue weighted by atomic mass is 9.86. The Labute approximate surface area is 183 Å². The molecule has 0 spiro atoms. The van der Waals surface area contributed by atoms with Gasteiger partial charge in [0.15, 0.2) is 11.5 Å². The van der Waals surface area contributed by atoms with E-state index in [1.807, 2.05) is 0 Å². The molecule has 33 heavy (non-hydrogen) atoms. The fourth-order valence-corrected chi connectivity index (χ4v) is 3.73. The van der Waals surface area contributed by atoms with Gasteiger partial charge in [0.05, 0.1) is 23.9 Å². The number of alkyl halides is 6. The van der Waals surface area contributed by atoms with E-state index in [0.29, 0.717) is 28.9 Å². The minimum absolute atomic E-state index is 0.00915. The molecule has 0 fully saturated rings. The van der Waals surface area contributed by atoms with Crippen LogP contribution in [0.1, 0.15) is 34.6 Å². The number of fused-ring (bicyclic) bond motifs is 1. The van der Waals surface area contributed by atoms with Gasteiger partial charge in [0.2, 0.25) is 5.91 Å². The molecule has 2 N–H and O–H groups in total. The van der Waals surface area contributed by atoms with Gasteiger partial charge in [-0.25, -0.2) is 0 Å². The van der Waals surface area contributed by atoms with Crippen molar-refractivity contribution < 1.29 is 40.6 Å². The van der Waals surface area contributed by atoms with Crippen molar-refractivity contribution in [2.75, 3.05) is 12.4 Å². The van der Waals surface area contributed by atoms with Gasteiger partial charge in [-0.05, 0) is 24.3 Å². The highest BCUT2D eigenvalue weighted by Gasteiger charge is 2.38. The van der Waals surface area contributed by atoms with Crippen LogP contribution in [0.15, 0.2) is 48.8 Å². The van der Waals surface area contributed by atoms with Gasteiger partial charge in [-0.15, -0.1) is 0 Å². The van der Waals surface area contributed by atoms with Crippen LogP contribution in [0, 0.1) is 0 Å². The summed E-state index contributed by atoms with van der Waals surface area (Å²) in [5.74, 6) is -1.55. The number of methoxy groups -OCH3 is 1. The topological polar surface area (TPSA) is 63.3 Å². The number of hydrogen-bond acceptors (Lipinski definition) is 3. The lowest BCUT2D eigenvalue weighted by Gasteiger charge is -2.26. The van der Waals surface area contributed by atoms with Gasteiger partial charge in [0.1, 0.15) is 5.75 Å². The third-order valence-electron chi connectivity index (χ3n) is 5.20. The molecular weight excluding hydrogens is 454 g/mol. The lowest BCUT2D eigenvalue weighted by Crippen LogP contribution is -2.22. The van der Waals surface area contributed by atoms with Gasteiger partial charge >= 0.3 is 12.4 Å². The van der Waals surface area contributed by atoms with E-state index in [1.54, 1.807) is 24.5 Å². The maximum atomic E-state index is 13.3. The van der Waals surface area contributed by atoms with E-state index < -0.39 is 35.1 Å². The Kier molecular flexibility index (Phi) is 5.51. The largest absolute Gasteiger partial charge is 0.493 e. The SMILES string of the molecule is COc1cccc(C2CC(=O)Nc3c[nH]cc32)c1Oc1cc(C(F)(F)F)cc(C(F)(F)F)c1.